The van der Waals surface area contributed by atoms with Crippen molar-refractivity contribution in [2.24, 2.45) is 5.92 Å². The monoisotopic (exact) mass is 289 g/mol. The second kappa shape index (κ2) is 5.55. The summed E-state index contributed by atoms with van der Waals surface area (Å²) in [5.41, 5.74) is 1.92. The second-order valence-corrected chi connectivity index (χ2v) is 5.73. The number of hydrogen-bond donors (Lipinski definition) is 1. The summed E-state index contributed by atoms with van der Waals surface area (Å²) in [6, 6.07) is 15.2. The van der Waals surface area contributed by atoms with Gasteiger partial charge in [0.25, 0.3) is 0 Å². The fourth-order valence-electron chi connectivity index (χ4n) is 3.05. The van der Waals surface area contributed by atoms with Gasteiger partial charge < -0.3 is 5.32 Å². The first-order valence-corrected chi connectivity index (χ1v) is 7.26. The summed E-state index contributed by atoms with van der Waals surface area (Å²) in [6.07, 6.45) is 1.07. The Morgan fingerprint density at radius 3 is 2.55 bits per heavy atom. The molecule has 1 saturated carbocycles. The molecule has 1 aliphatic rings. The van der Waals surface area contributed by atoms with Gasteiger partial charge in [-0.1, -0.05) is 48.0 Å². The molecule has 0 amide bonds. The third-order valence-electron chi connectivity index (χ3n) is 4.12. The van der Waals surface area contributed by atoms with Crippen LogP contribution in [0.5, 0.6) is 0 Å². The zero-order chi connectivity index (χ0) is 14.1. The van der Waals surface area contributed by atoms with Crippen molar-refractivity contribution < 1.29 is 4.39 Å². The molecule has 20 heavy (non-hydrogen) atoms. The summed E-state index contributed by atoms with van der Waals surface area (Å²) in [7, 11) is 1.87. The first-order valence-electron chi connectivity index (χ1n) is 6.88. The fraction of sp³-hybridized carbons (Fsp3) is 0.294. The van der Waals surface area contributed by atoms with Gasteiger partial charge in [-0.3, -0.25) is 0 Å². The van der Waals surface area contributed by atoms with E-state index in [1.165, 1.54) is 11.6 Å². The quantitative estimate of drug-likeness (QED) is 0.871. The molecule has 0 heterocycles. The van der Waals surface area contributed by atoms with Gasteiger partial charge in [0.15, 0.2) is 0 Å². The lowest BCUT2D eigenvalue weighted by molar-refractivity contribution is 0.485. The van der Waals surface area contributed by atoms with Crippen molar-refractivity contribution in [1.29, 1.82) is 0 Å². The topological polar surface area (TPSA) is 12.0 Å². The van der Waals surface area contributed by atoms with E-state index in [0.29, 0.717) is 22.4 Å². The van der Waals surface area contributed by atoms with Crippen LogP contribution < -0.4 is 5.32 Å². The number of rotatable bonds is 4. The average Bonchev–Trinajstić information content (AvgIpc) is 3.24. The predicted octanol–water partition coefficient (Wildman–Crippen LogP) is 4.54. The van der Waals surface area contributed by atoms with E-state index in [1.54, 1.807) is 12.1 Å². The molecule has 2 aromatic carbocycles. The van der Waals surface area contributed by atoms with Crippen molar-refractivity contribution in [1.82, 2.24) is 5.32 Å². The van der Waals surface area contributed by atoms with Gasteiger partial charge in [0, 0.05) is 16.6 Å². The van der Waals surface area contributed by atoms with E-state index >= 15 is 0 Å². The van der Waals surface area contributed by atoms with Crippen LogP contribution >= 0.6 is 11.6 Å². The maximum Gasteiger partial charge on any atom is 0.129 e. The van der Waals surface area contributed by atoms with E-state index in [0.717, 1.165) is 6.42 Å². The first-order chi connectivity index (χ1) is 9.72. The van der Waals surface area contributed by atoms with E-state index in [-0.39, 0.29) is 11.9 Å². The molecule has 1 nitrogen and oxygen atoms in total. The molecule has 3 unspecified atom stereocenters. The highest BCUT2D eigenvalue weighted by Gasteiger charge is 2.45. The molecule has 2 aromatic rings. The molecule has 3 rings (SSSR count). The molecule has 0 radical (unpaired) electrons. The predicted molar refractivity (Wildman–Crippen MR) is 80.5 cm³/mol. The summed E-state index contributed by atoms with van der Waals surface area (Å²) in [5, 5.41) is 3.74. The molecule has 0 spiro atoms. The van der Waals surface area contributed by atoms with Crippen molar-refractivity contribution >= 4 is 11.6 Å². The fourth-order valence-corrected chi connectivity index (χ4v) is 3.33. The van der Waals surface area contributed by atoms with Crippen molar-refractivity contribution in [3.8, 4) is 0 Å². The van der Waals surface area contributed by atoms with Gasteiger partial charge in [0.2, 0.25) is 0 Å². The Hall–Kier alpha value is -1.38. The Kier molecular flexibility index (Phi) is 3.77. The van der Waals surface area contributed by atoms with Gasteiger partial charge in [0.1, 0.15) is 5.82 Å². The van der Waals surface area contributed by atoms with Crippen LogP contribution in [-0.2, 0) is 0 Å². The SMILES string of the molecule is CNC(c1c(F)cccc1Cl)C1CC1c1ccccc1. The molecular weight excluding hydrogens is 273 g/mol. The van der Waals surface area contributed by atoms with E-state index in [1.807, 2.05) is 13.1 Å². The molecule has 0 aromatic heterocycles. The summed E-state index contributed by atoms with van der Waals surface area (Å²) >= 11 is 6.19. The zero-order valence-electron chi connectivity index (χ0n) is 11.3. The summed E-state index contributed by atoms with van der Waals surface area (Å²) in [4.78, 5) is 0. The summed E-state index contributed by atoms with van der Waals surface area (Å²) in [5.74, 6) is 0.664. The van der Waals surface area contributed by atoms with Crippen LogP contribution in [0.2, 0.25) is 5.02 Å². The zero-order valence-corrected chi connectivity index (χ0v) is 12.1. The van der Waals surface area contributed by atoms with E-state index in [2.05, 4.69) is 29.6 Å². The molecular formula is C17H17ClFN. The van der Waals surface area contributed by atoms with Crippen LogP contribution in [0.25, 0.3) is 0 Å². The Morgan fingerprint density at radius 2 is 1.90 bits per heavy atom. The molecule has 1 fully saturated rings. The molecule has 3 heteroatoms. The molecule has 1 N–H and O–H groups in total. The number of halogens is 2. The molecule has 0 aliphatic heterocycles. The maximum atomic E-state index is 14.1. The third kappa shape index (κ3) is 2.46. The smallest absolute Gasteiger partial charge is 0.129 e. The maximum absolute atomic E-state index is 14.1. The van der Waals surface area contributed by atoms with Crippen molar-refractivity contribution in [3.05, 3.63) is 70.5 Å². The molecule has 0 saturated heterocycles. The van der Waals surface area contributed by atoms with E-state index in [9.17, 15) is 4.39 Å². The highest BCUT2D eigenvalue weighted by atomic mass is 35.5. The van der Waals surface area contributed by atoms with Crippen molar-refractivity contribution in [2.45, 2.75) is 18.4 Å². The van der Waals surface area contributed by atoms with Crippen LogP contribution in [-0.4, -0.2) is 7.05 Å². The standard InChI is InChI=1S/C17H17ClFN/c1-20-17(16-14(18)8-5-9-15(16)19)13-10-12(13)11-6-3-2-4-7-11/h2-9,12-13,17,20H,10H2,1H3. The van der Waals surface area contributed by atoms with E-state index in [4.69, 9.17) is 11.6 Å². The third-order valence-corrected chi connectivity index (χ3v) is 4.45. The number of benzene rings is 2. The normalized spacial score (nSPS) is 22.6. The van der Waals surface area contributed by atoms with Gasteiger partial charge >= 0.3 is 0 Å². The Labute approximate surface area is 123 Å². The summed E-state index contributed by atoms with van der Waals surface area (Å²) in [6.45, 7) is 0. The minimum absolute atomic E-state index is 0.0334. The van der Waals surface area contributed by atoms with Crippen LogP contribution in [0.3, 0.4) is 0 Å². The Bertz CT molecular complexity index is 579. The summed E-state index contributed by atoms with van der Waals surface area (Å²) < 4.78 is 14.1. The lowest BCUT2D eigenvalue weighted by atomic mass is 9.98. The highest BCUT2D eigenvalue weighted by molar-refractivity contribution is 6.31. The first kappa shape index (κ1) is 13.6. The van der Waals surface area contributed by atoms with Crippen LogP contribution in [0.15, 0.2) is 48.5 Å². The Balaban J connectivity index is 1.86. The van der Waals surface area contributed by atoms with Gasteiger partial charge in [-0.05, 0) is 43.0 Å². The largest absolute Gasteiger partial charge is 0.313 e. The van der Waals surface area contributed by atoms with Crippen LogP contribution in [0.4, 0.5) is 4.39 Å². The molecule has 1 aliphatic carbocycles. The number of hydrogen-bond acceptors (Lipinski definition) is 1. The lowest BCUT2D eigenvalue weighted by Crippen LogP contribution is -2.20. The number of nitrogens with one attached hydrogen (secondary N) is 1. The minimum Gasteiger partial charge on any atom is -0.313 e. The van der Waals surface area contributed by atoms with Crippen LogP contribution in [0, 0.1) is 11.7 Å². The molecule has 0 bridgehead atoms. The van der Waals surface area contributed by atoms with Gasteiger partial charge in [-0.2, -0.15) is 0 Å². The van der Waals surface area contributed by atoms with Gasteiger partial charge in [-0.25, -0.2) is 4.39 Å². The van der Waals surface area contributed by atoms with Gasteiger partial charge in [0.05, 0.1) is 0 Å². The van der Waals surface area contributed by atoms with Crippen LogP contribution in [0.1, 0.15) is 29.5 Å². The molecule has 104 valence electrons. The minimum atomic E-state index is -0.226. The van der Waals surface area contributed by atoms with Crippen molar-refractivity contribution in [3.63, 3.8) is 0 Å². The van der Waals surface area contributed by atoms with E-state index < -0.39 is 0 Å². The lowest BCUT2D eigenvalue weighted by Gasteiger charge is -2.19. The Morgan fingerprint density at radius 1 is 1.15 bits per heavy atom. The van der Waals surface area contributed by atoms with Gasteiger partial charge in [-0.15, -0.1) is 0 Å². The second-order valence-electron chi connectivity index (χ2n) is 5.32. The highest BCUT2D eigenvalue weighted by Crippen LogP contribution is 2.54. The average molecular weight is 290 g/mol. The molecule has 3 atom stereocenters. The van der Waals surface area contributed by atoms with Crippen molar-refractivity contribution in [2.75, 3.05) is 7.05 Å².